The number of rotatable bonds is 3. The summed E-state index contributed by atoms with van der Waals surface area (Å²) >= 11 is 5.24. The van der Waals surface area contributed by atoms with E-state index in [0.717, 1.165) is 5.69 Å². The van der Waals surface area contributed by atoms with Crippen molar-refractivity contribution in [1.29, 1.82) is 0 Å². The van der Waals surface area contributed by atoms with Crippen LogP contribution in [0, 0.1) is 10.1 Å². The van der Waals surface area contributed by atoms with E-state index in [1.54, 1.807) is 16.7 Å². The second-order valence-corrected chi connectivity index (χ2v) is 4.89. The molecule has 0 aliphatic rings. The summed E-state index contributed by atoms with van der Waals surface area (Å²) in [5.74, 6) is 0. The highest BCUT2D eigenvalue weighted by atomic mass is 32.1. The van der Waals surface area contributed by atoms with Gasteiger partial charge in [-0.15, -0.1) is 0 Å². The number of hydrogen-bond donors (Lipinski definition) is 0. The number of nitro benzene ring substituents is 1. The molecule has 2 rings (SSSR count). The van der Waals surface area contributed by atoms with Crippen LogP contribution < -0.4 is 9.47 Å². The van der Waals surface area contributed by atoms with Gasteiger partial charge in [0, 0.05) is 44.0 Å². The van der Waals surface area contributed by atoms with E-state index in [1.165, 1.54) is 12.1 Å². The van der Waals surface area contributed by atoms with Crippen molar-refractivity contribution in [1.82, 2.24) is 0 Å². The fraction of sp³-hybridized carbons (Fsp3) is 0.143. The molecule has 6 nitrogen and oxygen atoms in total. The largest absolute Gasteiger partial charge is 0.687 e. The Labute approximate surface area is 127 Å². The van der Waals surface area contributed by atoms with Crippen molar-refractivity contribution < 1.29 is 9.49 Å². The van der Waals surface area contributed by atoms with Crippen molar-refractivity contribution >= 4 is 34.9 Å². The van der Waals surface area contributed by atoms with Crippen LogP contribution in [0.25, 0.3) is 0 Å². The maximum Gasteiger partial charge on any atom is 0.269 e. The van der Waals surface area contributed by atoms with Crippen LogP contribution in [0.15, 0.2) is 53.8 Å². The zero-order valence-electron chi connectivity index (χ0n) is 11.6. The first-order chi connectivity index (χ1) is 9.97. The highest BCUT2D eigenvalue weighted by Gasteiger charge is 2.06. The Morgan fingerprint density at radius 1 is 1.19 bits per heavy atom. The Hall–Kier alpha value is -2.54. The standard InChI is InChI=1S/C14H14N4O2S/c1-16(2)12-7-9-17(10-8-12)14(21)15-11-3-5-13(6-4-11)18(19)20/h3-10H,1-2H3. The van der Waals surface area contributed by atoms with E-state index in [2.05, 4.69) is 4.99 Å². The monoisotopic (exact) mass is 302 g/mol. The molecule has 1 heterocycles. The number of aromatic nitrogens is 1. The van der Waals surface area contributed by atoms with Gasteiger partial charge in [-0.2, -0.15) is 0 Å². The van der Waals surface area contributed by atoms with Gasteiger partial charge < -0.3 is 17.5 Å². The Balaban J connectivity index is 2.21. The maximum atomic E-state index is 10.6. The topological polar surface area (TPSA) is 62.6 Å². The van der Waals surface area contributed by atoms with E-state index in [4.69, 9.17) is 12.6 Å². The molecule has 2 aromatic rings. The quantitative estimate of drug-likeness (QED) is 0.217. The SMILES string of the molecule is CN(C)c1cc[n+](C([S-])=Nc2ccc([N+](=O)[O-])cc2)cc1. The molecule has 0 unspecified atom stereocenters. The molecule has 0 N–H and O–H groups in total. The normalized spacial score (nSPS) is 11.2. The molecule has 0 radical (unpaired) electrons. The first-order valence-corrected chi connectivity index (χ1v) is 6.57. The molecule has 1 aromatic heterocycles. The molecule has 21 heavy (non-hydrogen) atoms. The number of nitrogens with zero attached hydrogens (tertiary/aromatic N) is 4. The van der Waals surface area contributed by atoms with Gasteiger partial charge in [-0.05, 0) is 12.1 Å². The van der Waals surface area contributed by atoms with Gasteiger partial charge in [0.25, 0.3) is 5.69 Å². The molecule has 0 spiro atoms. The lowest BCUT2D eigenvalue weighted by Crippen LogP contribution is -2.40. The average Bonchev–Trinajstić information content (AvgIpc) is 2.47. The lowest BCUT2D eigenvalue weighted by molar-refractivity contribution is -0.549. The van der Waals surface area contributed by atoms with Crippen molar-refractivity contribution in [2.75, 3.05) is 19.0 Å². The van der Waals surface area contributed by atoms with Crippen LogP contribution in [0.3, 0.4) is 0 Å². The molecule has 0 aliphatic heterocycles. The number of nitro groups is 1. The zero-order chi connectivity index (χ0) is 15.4. The summed E-state index contributed by atoms with van der Waals surface area (Å²) in [5.41, 5.74) is 1.67. The van der Waals surface area contributed by atoms with Crippen molar-refractivity contribution in [3.8, 4) is 0 Å². The van der Waals surface area contributed by atoms with Gasteiger partial charge in [-0.3, -0.25) is 10.1 Å². The molecule has 7 heteroatoms. The van der Waals surface area contributed by atoms with Crippen molar-refractivity contribution in [3.05, 3.63) is 58.9 Å². The van der Waals surface area contributed by atoms with Crippen molar-refractivity contribution in [2.24, 2.45) is 4.99 Å². The molecule has 0 amide bonds. The summed E-state index contributed by atoms with van der Waals surface area (Å²) in [5, 5.41) is 11.0. The molecule has 0 atom stereocenters. The fourth-order valence-electron chi connectivity index (χ4n) is 1.66. The van der Waals surface area contributed by atoms with Gasteiger partial charge in [0.1, 0.15) is 0 Å². The van der Waals surface area contributed by atoms with Gasteiger partial charge >= 0.3 is 0 Å². The second kappa shape index (κ2) is 6.27. The van der Waals surface area contributed by atoms with Gasteiger partial charge in [0.05, 0.1) is 17.3 Å². The Kier molecular flexibility index (Phi) is 4.44. The molecule has 1 aromatic carbocycles. The summed E-state index contributed by atoms with van der Waals surface area (Å²) in [6.07, 6.45) is 3.65. The first-order valence-electron chi connectivity index (χ1n) is 6.16. The smallest absolute Gasteiger partial charge is 0.269 e. The van der Waals surface area contributed by atoms with E-state index < -0.39 is 4.92 Å². The van der Waals surface area contributed by atoms with Gasteiger partial charge in [-0.25, -0.2) is 4.57 Å². The lowest BCUT2D eigenvalue weighted by atomic mass is 10.3. The van der Waals surface area contributed by atoms with E-state index in [9.17, 15) is 10.1 Å². The summed E-state index contributed by atoms with van der Waals surface area (Å²) in [7, 11) is 3.92. The Morgan fingerprint density at radius 2 is 1.76 bits per heavy atom. The predicted molar refractivity (Wildman–Crippen MR) is 83.9 cm³/mol. The number of non-ortho nitro benzene ring substituents is 1. The average molecular weight is 302 g/mol. The first kappa shape index (κ1) is 14.9. The molecule has 0 fully saturated rings. The van der Waals surface area contributed by atoms with Crippen LogP contribution in [0.5, 0.6) is 0 Å². The van der Waals surface area contributed by atoms with Gasteiger partial charge in [-0.1, -0.05) is 4.99 Å². The third-order valence-electron chi connectivity index (χ3n) is 2.83. The minimum absolute atomic E-state index is 0.0304. The van der Waals surface area contributed by atoms with Crippen molar-refractivity contribution in [3.63, 3.8) is 0 Å². The molecule has 0 saturated heterocycles. The van der Waals surface area contributed by atoms with Crippen LogP contribution in [0.1, 0.15) is 0 Å². The predicted octanol–water partition coefficient (Wildman–Crippen LogP) is 2.03. The number of aliphatic imine (C=N–C) groups is 1. The number of benzene rings is 1. The third kappa shape index (κ3) is 3.73. The zero-order valence-corrected chi connectivity index (χ0v) is 12.4. The van der Waals surface area contributed by atoms with E-state index >= 15 is 0 Å². The number of pyridine rings is 1. The Morgan fingerprint density at radius 3 is 2.24 bits per heavy atom. The molecule has 0 saturated carbocycles. The van der Waals surface area contributed by atoms with E-state index in [1.807, 2.05) is 43.5 Å². The van der Waals surface area contributed by atoms with Crippen LogP contribution in [0.2, 0.25) is 0 Å². The lowest BCUT2D eigenvalue weighted by Gasteiger charge is -2.12. The van der Waals surface area contributed by atoms with E-state index in [-0.39, 0.29) is 5.69 Å². The summed E-state index contributed by atoms with van der Waals surface area (Å²) in [6.45, 7) is 0. The van der Waals surface area contributed by atoms with Crippen LogP contribution in [-0.2, 0) is 12.6 Å². The van der Waals surface area contributed by atoms with Crippen LogP contribution >= 0.6 is 0 Å². The van der Waals surface area contributed by atoms with Crippen molar-refractivity contribution in [2.45, 2.75) is 0 Å². The highest BCUT2D eigenvalue weighted by Crippen LogP contribution is 2.17. The minimum Gasteiger partial charge on any atom is -0.687 e. The highest BCUT2D eigenvalue weighted by molar-refractivity contribution is 7.76. The van der Waals surface area contributed by atoms with Crippen LogP contribution in [0.4, 0.5) is 17.1 Å². The molecular weight excluding hydrogens is 288 g/mol. The molecule has 108 valence electrons. The third-order valence-corrected chi connectivity index (χ3v) is 3.14. The summed E-state index contributed by atoms with van der Waals surface area (Å²) < 4.78 is 1.71. The van der Waals surface area contributed by atoms with Gasteiger partial charge in [0.15, 0.2) is 10.9 Å². The van der Waals surface area contributed by atoms with Crippen LogP contribution in [-0.4, -0.2) is 24.2 Å². The Bertz CT molecular complexity index is 666. The van der Waals surface area contributed by atoms with E-state index in [0.29, 0.717) is 10.9 Å². The summed E-state index contributed by atoms with van der Waals surface area (Å²) in [6, 6.07) is 9.80. The molecular formula is C14H14N4O2S. The molecule has 0 bridgehead atoms. The fourth-order valence-corrected chi connectivity index (χ4v) is 1.89. The number of hydrogen-bond acceptors (Lipinski definition) is 5. The number of anilines is 1. The minimum atomic E-state index is -0.448. The molecule has 0 aliphatic carbocycles. The second-order valence-electron chi connectivity index (χ2n) is 4.53. The maximum absolute atomic E-state index is 10.6. The summed E-state index contributed by atoms with van der Waals surface area (Å²) in [4.78, 5) is 16.4. The van der Waals surface area contributed by atoms with Gasteiger partial charge in [0.2, 0.25) is 0 Å².